The second kappa shape index (κ2) is 3.82. The number of ether oxygens (including phenoxy) is 1. The van der Waals surface area contributed by atoms with E-state index in [1.807, 2.05) is 20.8 Å². The fourth-order valence-corrected chi connectivity index (χ4v) is 0.385. The van der Waals surface area contributed by atoms with Gasteiger partial charge in [-0.05, 0) is 5.41 Å². The molecule has 3 heteroatoms. The fraction of sp³-hybridized carbons (Fsp3) is 1.00. The van der Waals surface area contributed by atoms with Crippen LogP contribution in [-0.4, -0.2) is 18.7 Å². The first-order chi connectivity index (χ1) is 4.06. The molecule has 0 aromatic rings. The van der Waals surface area contributed by atoms with Crippen molar-refractivity contribution in [2.75, 3.05) is 13.4 Å². The molecule has 0 spiro atoms. The molecule has 0 atom stereocenters. The molecule has 0 saturated heterocycles. The molecule has 0 amide bonds. The monoisotopic (exact) mass is 134 g/mol. The molecule has 3 nitrogen and oxygen atoms in total. The molecule has 0 aliphatic carbocycles. The van der Waals surface area contributed by atoms with Crippen molar-refractivity contribution in [3.8, 4) is 0 Å². The van der Waals surface area contributed by atoms with E-state index in [0.29, 0.717) is 6.61 Å². The van der Waals surface area contributed by atoms with Crippen molar-refractivity contribution in [1.29, 1.82) is 0 Å². The van der Waals surface area contributed by atoms with Gasteiger partial charge in [-0.1, -0.05) is 20.8 Å². The first-order valence-corrected chi connectivity index (χ1v) is 2.90. The van der Waals surface area contributed by atoms with Crippen molar-refractivity contribution >= 4 is 0 Å². The Morgan fingerprint density at radius 2 is 1.89 bits per heavy atom. The Hall–Kier alpha value is -0.120. The van der Waals surface area contributed by atoms with Gasteiger partial charge in [0.25, 0.3) is 0 Å². The van der Waals surface area contributed by atoms with Gasteiger partial charge in [0.1, 0.15) is 0 Å². The molecule has 0 bridgehead atoms. The highest BCUT2D eigenvalue weighted by Gasteiger charge is 2.09. The average Bonchev–Trinajstić information content (AvgIpc) is 1.63. The van der Waals surface area contributed by atoms with E-state index < -0.39 is 0 Å². The number of hydrogen-bond donors (Lipinski definition) is 1. The first kappa shape index (κ1) is 8.88. The lowest BCUT2D eigenvalue weighted by molar-refractivity contribution is -0.298. The summed E-state index contributed by atoms with van der Waals surface area (Å²) in [6.07, 6.45) is 0. The molecule has 0 aromatic carbocycles. The summed E-state index contributed by atoms with van der Waals surface area (Å²) in [6.45, 7) is 6.68. The summed E-state index contributed by atoms with van der Waals surface area (Å²) in [5, 5.41) is 7.84. The predicted octanol–water partition coefficient (Wildman–Crippen LogP) is 1.50. The maximum atomic E-state index is 7.84. The highest BCUT2D eigenvalue weighted by atomic mass is 17.1. The zero-order valence-corrected chi connectivity index (χ0v) is 6.18. The van der Waals surface area contributed by atoms with E-state index in [1.165, 1.54) is 0 Å². The molecule has 0 saturated carbocycles. The number of rotatable bonds is 3. The zero-order chi connectivity index (χ0) is 7.33. The highest BCUT2D eigenvalue weighted by molar-refractivity contribution is 4.57. The molecule has 0 rings (SSSR count). The fourth-order valence-electron chi connectivity index (χ4n) is 0.385. The maximum Gasteiger partial charge on any atom is 0.180 e. The minimum Gasteiger partial charge on any atom is -0.352 e. The molecule has 56 valence electrons. The highest BCUT2D eigenvalue weighted by Crippen LogP contribution is 2.12. The van der Waals surface area contributed by atoms with E-state index in [1.54, 1.807) is 0 Å². The van der Waals surface area contributed by atoms with Gasteiger partial charge in [-0.2, -0.15) is 0 Å². The first-order valence-electron chi connectivity index (χ1n) is 2.90. The van der Waals surface area contributed by atoms with Crippen molar-refractivity contribution in [3.05, 3.63) is 0 Å². The standard InChI is InChI=1S/C6H14O3/c1-6(2,3)4-8-5-9-7/h7H,4-5H2,1-3H3. The zero-order valence-electron chi connectivity index (χ0n) is 6.18. The third-order valence-corrected chi connectivity index (χ3v) is 0.671. The summed E-state index contributed by atoms with van der Waals surface area (Å²) < 4.78 is 4.88. The lowest BCUT2D eigenvalue weighted by Gasteiger charge is -2.16. The van der Waals surface area contributed by atoms with Gasteiger partial charge in [0.2, 0.25) is 0 Å². The lowest BCUT2D eigenvalue weighted by Crippen LogP contribution is -2.15. The van der Waals surface area contributed by atoms with Crippen LogP contribution in [0.5, 0.6) is 0 Å². The van der Waals surface area contributed by atoms with Gasteiger partial charge in [0.15, 0.2) is 6.79 Å². The van der Waals surface area contributed by atoms with Crippen LogP contribution >= 0.6 is 0 Å². The molecule has 0 heterocycles. The van der Waals surface area contributed by atoms with Crippen LogP contribution in [0.2, 0.25) is 0 Å². The van der Waals surface area contributed by atoms with Crippen molar-refractivity contribution in [3.63, 3.8) is 0 Å². The summed E-state index contributed by atoms with van der Waals surface area (Å²) in [6, 6.07) is 0. The van der Waals surface area contributed by atoms with E-state index in [9.17, 15) is 0 Å². The summed E-state index contributed by atoms with van der Waals surface area (Å²) in [4.78, 5) is 3.72. The van der Waals surface area contributed by atoms with Gasteiger partial charge in [-0.3, -0.25) is 0 Å². The van der Waals surface area contributed by atoms with Crippen LogP contribution in [0.15, 0.2) is 0 Å². The average molecular weight is 134 g/mol. The summed E-state index contributed by atoms with van der Waals surface area (Å²) in [7, 11) is 0. The van der Waals surface area contributed by atoms with Crippen LogP contribution in [0, 0.1) is 5.41 Å². The van der Waals surface area contributed by atoms with Gasteiger partial charge >= 0.3 is 0 Å². The topological polar surface area (TPSA) is 38.7 Å². The number of hydrogen-bond acceptors (Lipinski definition) is 3. The van der Waals surface area contributed by atoms with Crippen LogP contribution in [0.3, 0.4) is 0 Å². The Bertz CT molecular complexity index is 65.2. The van der Waals surface area contributed by atoms with Gasteiger partial charge in [0, 0.05) is 0 Å². The molecular formula is C6H14O3. The Kier molecular flexibility index (Phi) is 3.77. The normalized spacial score (nSPS) is 12.0. The molecule has 0 radical (unpaired) electrons. The molecule has 0 unspecified atom stereocenters. The van der Waals surface area contributed by atoms with Gasteiger partial charge in [0.05, 0.1) is 6.61 Å². The maximum absolute atomic E-state index is 7.84. The van der Waals surface area contributed by atoms with E-state index in [-0.39, 0.29) is 12.2 Å². The van der Waals surface area contributed by atoms with E-state index in [4.69, 9.17) is 9.99 Å². The minimum absolute atomic E-state index is 0.0444. The van der Waals surface area contributed by atoms with Crippen molar-refractivity contribution in [2.24, 2.45) is 5.41 Å². The molecule has 9 heavy (non-hydrogen) atoms. The van der Waals surface area contributed by atoms with Crippen molar-refractivity contribution in [2.45, 2.75) is 20.8 Å². The van der Waals surface area contributed by atoms with Crippen molar-refractivity contribution < 1.29 is 14.9 Å². The smallest absolute Gasteiger partial charge is 0.180 e. The molecule has 0 aliphatic rings. The van der Waals surface area contributed by atoms with Gasteiger partial charge < -0.3 is 4.74 Å². The van der Waals surface area contributed by atoms with Crippen LogP contribution in [-0.2, 0) is 9.62 Å². The lowest BCUT2D eigenvalue weighted by atomic mass is 9.99. The van der Waals surface area contributed by atoms with Crippen LogP contribution in [0.4, 0.5) is 0 Å². The third kappa shape index (κ3) is 7.88. The third-order valence-electron chi connectivity index (χ3n) is 0.671. The second-order valence-electron chi connectivity index (χ2n) is 3.16. The van der Waals surface area contributed by atoms with E-state index in [2.05, 4.69) is 4.89 Å². The molecule has 0 aliphatic heterocycles. The quantitative estimate of drug-likeness (QED) is 0.275. The molecular weight excluding hydrogens is 120 g/mol. The molecule has 0 aromatic heterocycles. The van der Waals surface area contributed by atoms with Crippen LogP contribution in [0.25, 0.3) is 0 Å². The Balaban J connectivity index is 3.07. The predicted molar refractivity (Wildman–Crippen MR) is 34.0 cm³/mol. The summed E-state index contributed by atoms with van der Waals surface area (Å²) in [5.41, 5.74) is 0.137. The minimum atomic E-state index is -0.0444. The van der Waals surface area contributed by atoms with E-state index in [0.717, 1.165) is 0 Å². The van der Waals surface area contributed by atoms with Crippen LogP contribution < -0.4 is 0 Å². The molecule has 1 N–H and O–H groups in total. The summed E-state index contributed by atoms with van der Waals surface area (Å²) >= 11 is 0. The van der Waals surface area contributed by atoms with Crippen molar-refractivity contribution in [1.82, 2.24) is 0 Å². The van der Waals surface area contributed by atoms with Gasteiger partial charge in [-0.15, -0.1) is 0 Å². The summed E-state index contributed by atoms with van der Waals surface area (Å²) in [5.74, 6) is 0. The molecule has 0 fully saturated rings. The van der Waals surface area contributed by atoms with Gasteiger partial charge in [-0.25, -0.2) is 10.1 Å². The Labute approximate surface area is 55.5 Å². The second-order valence-corrected chi connectivity index (χ2v) is 3.16. The largest absolute Gasteiger partial charge is 0.352 e. The Morgan fingerprint density at radius 1 is 1.33 bits per heavy atom. The van der Waals surface area contributed by atoms with E-state index >= 15 is 0 Å². The SMILES string of the molecule is CC(C)(C)COCOO. The van der Waals surface area contributed by atoms with Crippen LogP contribution in [0.1, 0.15) is 20.8 Å². The Morgan fingerprint density at radius 3 is 2.22 bits per heavy atom.